The molecule has 1 atom stereocenters. The highest BCUT2D eigenvalue weighted by atomic mass is 32.2. The highest BCUT2D eigenvalue weighted by Gasteiger charge is 2.19. The van der Waals surface area contributed by atoms with Crippen molar-refractivity contribution in [2.24, 2.45) is 0 Å². The van der Waals surface area contributed by atoms with Gasteiger partial charge in [0.15, 0.2) is 0 Å². The van der Waals surface area contributed by atoms with Crippen molar-refractivity contribution in [2.45, 2.75) is 63.7 Å². The molecule has 0 saturated heterocycles. The van der Waals surface area contributed by atoms with E-state index in [1.165, 1.54) is 6.08 Å². The summed E-state index contributed by atoms with van der Waals surface area (Å²) in [5.41, 5.74) is -1.15. The Balaban J connectivity index is 2.73. The minimum Gasteiger partial charge on any atom is -0.457 e. The standard InChI is InChI=1S/C20H29NO4S/c1-19(2,3)24-17(22)13-12-15(21-18(23)25-20(4,5)6)14-26-16-10-8-7-9-11-16/h7-13,15H,14H2,1-6H3,(H,21,23)/b13-12+/t15-/m1/s1. The highest BCUT2D eigenvalue weighted by Crippen LogP contribution is 2.19. The van der Waals surface area contributed by atoms with Gasteiger partial charge in [0.25, 0.3) is 0 Å². The molecule has 1 aromatic carbocycles. The number of alkyl carbamates (subject to hydrolysis) is 1. The summed E-state index contributed by atoms with van der Waals surface area (Å²) in [5, 5.41) is 2.79. The number of ether oxygens (including phenoxy) is 2. The Labute approximate surface area is 160 Å². The Kier molecular flexibility index (Phi) is 8.21. The number of hydrogen-bond donors (Lipinski definition) is 1. The number of rotatable bonds is 6. The Morgan fingerprint density at radius 2 is 1.62 bits per heavy atom. The predicted octanol–water partition coefficient (Wildman–Crippen LogP) is 4.57. The van der Waals surface area contributed by atoms with Crippen LogP contribution in [0.3, 0.4) is 0 Å². The lowest BCUT2D eigenvalue weighted by atomic mass is 10.2. The molecule has 26 heavy (non-hydrogen) atoms. The first-order valence-corrected chi connectivity index (χ1v) is 9.52. The molecule has 0 unspecified atom stereocenters. The molecule has 1 amide bonds. The second-order valence-corrected chi connectivity index (χ2v) is 8.86. The smallest absolute Gasteiger partial charge is 0.408 e. The SMILES string of the molecule is CC(C)(C)OC(=O)/C=C/[C@H](CSc1ccccc1)NC(=O)OC(C)(C)C. The summed E-state index contributed by atoms with van der Waals surface area (Å²) in [6.45, 7) is 10.8. The van der Waals surface area contributed by atoms with E-state index in [9.17, 15) is 9.59 Å². The normalized spacial score (nSPS) is 13.3. The van der Waals surface area contributed by atoms with E-state index in [1.807, 2.05) is 30.3 Å². The number of benzene rings is 1. The number of carbonyl (C=O) groups excluding carboxylic acids is 2. The zero-order chi connectivity index (χ0) is 19.8. The minimum atomic E-state index is -0.587. The van der Waals surface area contributed by atoms with Crippen LogP contribution in [0.1, 0.15) is 41.5 Å². The number of esters is 1. The zero-order valence-corrected chi connectivity index (χ0v) is 17.2. The third-order valence-corrected chi connectivity index (χ3v) is 3.88. The fourth-order valence-corrected chi connectivity index (χ4v) is 2.75. The van der Waals surface area contributed by atoms with Gasteiger partial charge in [0.1, 0.15) is 11.2 Å². The van der Waals surface area contributed by atoms with Crippen LogP contribution in [-0.2, 0) is 14.3 Å². The molecule has 1 aromatic rings. The molecule has 0 bridgehead atoms. The van der Waals surface area contributed by atoms with E-state index < -0.39 is 23.3 Å². The van der Waals surface area contributed by atoms with E-state index in [0.29, 0.717) is 5.75 Å². The van der Waals surface area contributed by atoms with Gasteiger partial charge in [0, 0.05) is 16.7 Å². The van der Waals surface area contributed by atoms with Gasteiger partial charge < -0.3 is 14.8 Å². The molecular weight excluding hydrogens is 350 g/mol. The Hall–Kier alpha value is -1.95. The number of hydrogen-bond acceptors (Lipinski definition) is 5. The lowest BCUT2D eigenvalue weighted by molar-refractivity contribution is -0.148. The monoisotopic (exact) mass is 379 g/mol. The van der Waals surface area contributed by atoms with Crippen molar-refractivity contribution >= 4 is 23.8 Å². The summed E-state index contributed by atoms with van der Waals surface area (Å²) >= 11 is 1.58. The van der Waals surface area contributed by atoms with Gasteiger partial charge in [-0.25, -0.2) is 9.59 Å². The van der Waals surface area contributed by atoms with E-state index in [0.717, 1.165) is 4.90 Å². The molecule has 0 aliphatic heterocycles. The van der Waals surface area contributed by atoms with Gasteiger partial charge in [-0.05, 0) is 53.7 Å². The topological polar surface area (TPSA) is 64.6 Å². The Bertz CT molecular complexity index is 615. The average Bonchev–Trinajstić information content (AvgIpc) is 2.47. The second-order valence-electron chi connectivity index (χ2n) is 7.77. The fourth-order valence-electron chi connectivity index (χ4n) is 1.84. The van der Waals surface area contributed by atoms with E-state index in [2.05, 4.69) is 5.32 Å². The van der Waals surface area contributed by atoms with Crippen molar-refractivity contribution < 1.29 is 19.1 Å². The van der Waals surface area contributed by atoms with Crippen LogP contribution in [0.15, 0.2) is 47.4 Å². The maximum Gasteiger partial charge on any atom is 0.408 e. The average molecular weight is 380 g/mol. The van der Waals surface area contributed by atoms with Gasteiger partial charge in [-0.3, -0.25) is 0 Å². The molecule has 144 valence electrons. The minimum absolute atomic E-state index is 0.373. The summed E-state index contributed by atoms with van der Waals surface area (Å²) in [7, 11) is 0. The summed E-state index contributed by atoms with van der Waals surface area (Å²) < 4.78 is 10.6. The van der Waals surface area contributed by atoms with Crippen LogP contribution < -0.4 is 5.32 Å². The number of amides is 1. The molecule has 0 aliphatic carbocycles. The van der Waals surface area contributed by atoms with Crippen LogP contribution in [-0.4, -0.2) is 35.1 Å². The zero-order valence-electron chi connectivity index (χ0n) is 16.4. The third kappa shape index (κ3) is 10.8. The van der Waals surface area contributed by atoms with Crippen molar-refractivity contribution in [3.8, 4) is 0 Å². The van der Waals surface area contributed by atoms with Crippen LogP contribution in [0.25, 0.3) is 0 Å². The van der Waals surface area contributed by atoms with Crippen molar-refractivity contribution in [3.05, 3.63) is 42.5 Å². The van der Waals surface area contributed by atoms with Crippen LogP contribution in [0.2, 0.25) is 0 Å². The molecule has 0 spiro atoms. The first-order chi connectivity index (χ1) is 11.9. The number of thioether (sulfide) groups is 1. The summed E-state index contributed by atoms with van der Waals surface area (Å²) in [6, 6.07) is 9.47. The van der Waals surface area contributed by atoms with Crippen molar-refractivity contribution in [2.75, 3.05) is 5.75 Å². The fraction of sp³-hybridized carbons (Fsp3) is 0.500. The molecule has 0 radical (unpaired) electrons. The predicted molar refractivity (Wildman–Crippen MR) is 105 cm³/mol. The molecule has 0 heterocycles. The molecule has 0 saturated carbocycles. The van der Waals surface area contributed by atoms with Crippen LogP contribution in [0.5, 0.6) is 0 Å². The Morgan fingerprint density at radius 3 is 2.15 bits per heavy atom. The van der Waals surface area contributed by atoms with Gasteiger partial charge in [-0.2, -0.15) is 0 Å². The van der Waals surface area contributed by atoms with E-state index in [-0.39, 0.29) is 6.04 Å². The van der Waals surface area contributed by atoms with Gasteiger partial charge >= 0.3 is 12.1 Å². The highest BCUT2D eigenvalue weighted by molar-refractivity contribution is 7.99. The molecule has 0 fully saturated rings. The maximum atomic E-state index is 12.1. The van der Waals surface area contributed by atoms with E-state index in [1.54, 1.807) is 59.4 Å². The molecule has 6 heteroatoms. The van der Waals surface area contributed by atoms with Crippen molar-refractivity contribution in [1.29, 1.82) is 0 Å². The van der Waals surface area contributed by atoms with Crippen LogP contribution >= 0.6 is 11.8 Å². The molecule has 0 aromatic heterocycles. The lowest BCUT2D eigenvalue weighted by Crippen LogP contribution is -2.39. The van der Waals surface area contributed by atoms with E-state index in [4.69, 9.17) is 9.47 Å². The third-order valence-electron chi connectivity index (χ3n) is 2.75. The first-order valence-electron chi connectivity index (χ1n) is 8.53. The van der Waals surface area contributed by atoms with Crippen LogP contribution in [0, 0.1) is 0 Å². The first kappa shape index (κ1) is 22.1. The number of nitrogens with one attached hydrogen (secondary N) is 1. The molecular formula is C20H29NO4S. The van der Waals surface area contributed by atoms with E-state index >= 15 is 0 Å². The van der Waals surface area contributed by atoms with Gasteiger partial charge in [-0.15, -0.1) is 11.8 Å². The Morgan fingerprint density at radius 1 is 1.04 bits per heavy atom. The van der Waals surface area contributed by atoms with Crippen LogP contribution in [0.4, 0.5) is 4.79 Å². The quantitative estimate of drug-likeness (QED) is 0.446. The van der Waals surface area contributed by atoms with Crippen molar-refractivity contribution in [3.63, 3.8) is 0 Å². The largest absolute Gasteiger partial charge is 0.457 e. The maximum absolute atomic E-state index is 12.1. The molecule has 0 aliphatic rings. The summed E-state index contributed by atoms with van der Waals surface area (Å²) in [6.07, 6.45) is 2.46. The molecule has 5 nitrogen and oxygen atoms in total. The lowest BCUT2D eigenvalue weighted by Gasteiger charge is -2.22. The summed E-state index contributed by atoms with van der Waals surface area (Å²) in [4.78, 5) is 25.0. The molecule has 1 N–H and O–H groups in total. The second kappa shape index (κ2) is 9.67. The number of carbonyl (C=O) groups is 2. The van der Waals surface area contributed by atoms with Gasteiger partial charge in [0.05, 0.1) is 6.04 Å². The van der Waals surface area contributed by atoms with Crippen molar-refractivity contribution in [1.82, 2.24) is 5.32 Å². The summed E-state index contributed by atoms with van der Waals surface area (Å²) in [5.74, 6) is 0.112. The van der Waals surface area contributed by atoms with Gasteiger partial charge in [-0.1, -0.05) is 24.3 Å². The molecule has 1 rings (SSSR count). The van der Waals surface area contributed by atoms with Gasteiger partial charge in [0.2, 0.25) is 0 Å².